The van der Waals surface area contributed by atoms with Crippen LogP contribution < -0.4 is 10.2 Å². The van der Waals surface area contributed by atoms with E-state index in [9.17, 15) is 0 Å². The molecule has 1 aromatic heterocycles. The van der Waals surface area contributed by atoms with Crippen molar-refractivity contribution in [2.75, 3.05) is 4.90 Å². The second-order valence-electron chi connectivity index (χ2n) is 11.4. The highest BCUT2D eigenvalue weighted by Gasteiger charge is 2.42. The lowest BCUT2D eigenvalue weighted by molar-refractivity contribution is 0.492. The van der Waals surface area contributed by atoms with Gasteiger partial charge in [-0.05, 0) is 92.6 Å². The van der Waals surface area contributed by atoms with Gasteiger partial charge < -0.3 is 14.6 Å². The van der Waals surface area contributed by atoms with Gasteiger partial charge in [0.2, 0.25) is 0 Å². The molecule has 0 saturated heterocycles. The molecular formula is C39H38N2O. The Labute approximate surface area is 249 Å². The van der Waals surface area contributed by atoms with Gasteiger partial charge >= 0.3 is 0 Å². The lowest BCUT2D eigenvalue weighted by Gasteiger charge is -2.30. The van der Waals surface area contributed by atoms with Crippen molar-refractivity contribution in [1.82, 2.24) is 5.32 Å². The van der Waals surface area contributed by atoms with Gasteiger partial charge in [0.15, 0.2) is 0 Å². The van der Waals surface area contributed by atoms with E-state index in [0.717, 1.165) is 56.5 Å². The number of furan rings is 1. The fourth-order valence-electron chi connectivity index (χ4n) is 6.86. The summed E-state index contributed by atoms with van der Waals surface area (Å²) in [5, 5.41) is 3.52. The van der Waals surface area contributed by atoms with Crippen molar-refractivity contribution in [3.05, 3.63) is 154 Å². The number of rotatable bonds is 7. The van der Waals surface area contributed by atoms with Crippen molar-refractivity contribution >= 4 is 23.4 Å². The Morgan fingerprint density at radius 2 is 1.76 bits per heavy atom. The number of benzene rings is 2. The number of fused-ring (bicyclic) bond motifs is 4. The Hall–Kier alpha value is -4.50. The number of hydrogen-bond acceptors (Lipinski definition) is 3. The van der Waals surface area contributed by atoms with Crippen molar-refractivity contribution in [2.45, 2.75) is 57.9 Å². The van der Waals surface area contributed by atoms with E-state index in [0.29, 0.717) is 0 Å². The largest absolute Gasteiger partial charge is 0.460 e. The van der Waals surface area contributed by atoms with Gasteiger partial charge in [0.1, 0.15) is 11.5 Å². The number of para-hydroxylation sites is 1. The average molecular weight is 551 g/mol. The molecule has 0 spiro atoms. The smallest absolute Gasteiger partial charge is 0.140 e. The first kappa shape index (κ1) is 26.4. The number of nitrogens with zero attached hydrogens (tertiary/aromatic N) is 1. The topological polar surface area (TPSA) is 28.4 Å². The van der Waals surface area contributed by atoms with Crippen LogP contribution in [0, 0.1) is 0 Å². The van der Waals surface area contributed by atoms with E-state index in [1.165, 1.54) is 50.5 Å². The van der Waals surface area contributed by atoms with E-state index >= 15 is 0 Å². The number of aryl methyl sites for hydroxylation is 1. The second kappa shape index (κ2) is 11.8. The molecule has 0 radical (unpaired) electrons. The highest BCUT2D eigenvalue weighted by atomic mass is 16.3. The summed E-state index contributed by atoms with van der Waals surface area (Å²) in [4.78, 5) is 2.58. The van der Waals surface area contributed by atoms with Crippen LogP contribution >= 0.6 is 0 Å². The van der Waals surface area contributed by atoms with Gasteiger partial charge in [-0.3, -0.25) is 0 Å². The van der Waals surface area contributed by atoms with Gasteiger partial charge in [0.25, 0.3) is 0 Å². The van der Waals surface area contributed by atoms with Crippen LogP contribution in [0.1, 0.15) is 67.2 Å². The van der Waals surface area contributed by atoms with E-state index in [1.807, 2.05) is 0 Å². The maximum absolute atomic E-state index is 6.78. The van der Waals surface area contributed by atoms with Crippen LogP contribution in [0.5, 0.6) is 0 Å². The maximum Gasteiger partial charge on any atom is 0.140 e. The van der Waals surface area contributed by atoms with Crippen molar-refractivity contribution in [3.8, 4) is 0 Å². The molecule has 4 aliphatic rings. The van der Waals surface area contributed by atoms with Gasteiger partial charge in [-0.15, -0.1) is 0 Å². The average Bonchev–Trinajstić information content (AvgIpc) is 3.58. The van der Waals surface area contributed by atoms with E-state index in [2.05, 4.69) is 133 Å². The molecule has 2 aromatic carbocycles. The molecule has 0 amide bonds. The van der Waals surface area contributed by atoms with Crippen LogP contribution in [-0.2, 0) is 12.8 Å². The third-order valence-electron chi connectivity index (χ3n) is 8.87. The second-order valence-corrected chi connectivity index (χ2v) is 11.4. The molecule has 1 unspecified atom stereocenters. The van der Waals surface area contributed by atoms with E-state index in [4.69, 9.17) is 4.42 Å². The number of anilines is 1. The molecule has 3 heteroatoms. The van der Waals surface area contributed by atoms with Gasteiger partial charge in [0, 0.05) is 40.2 Å². The lowest BCUT2D eigenvalue weighted by atomic mass is 9.86. The third-order valence-corrected chi connectivity index (χ3v) is 8.87. The highest BCUT2D eigenvalue weighted by Crippen LogP contribution is 2.51. The first-order valence-corrected chi connectivity index (χ1v) is 15.4. The Balaban J connectivity index is 1.22. The van der Waals surface area contributed by atoms with Gasteiger partial charge in [-0.25, -0.2) is 0 Å². The molecule has 1 N–H and O–H groups in total. The molecule has 42 heavy (non-hydrogen) atoms. The molecule has 210 valence electrons. The summed E-state index contributed by atoms with van der Waals surface area (Å²) in [7, 11) is 0. The normalized spacial score (nSPS) is 20.6. The molecule has 0 saturated carbocycles. The number of allylic oxidation sites excluding steroid dienone is 8. The zero-order valence-corrected chi connectivity index (χ0v) is 24.4. The number of nitrogens with one attached hydrogen (secondary N) is 1. The molecule has 1 atom stereocenters. The van der Waals surface area contributed by atoms with Crippen molar-refractivity contribution < 1.29 is 4.42 Å². The molecule has 1 aliphatic heterocycles. The Morgan fingerprint density at radius 3 is 2.55 bits per heavy atom. The van der Waals surface area contributed by atoms with E-state index in [-0.39, 0.29) is 6.04 Å². The summed E-state index contributed by atoms with van der Waals surface area (Å²) in [5.74, 6) is 2.25. The Morgan fingerprint density at radius 1 is 0.929 bits per heavy atom. The predicted octanol–water partition coefficient (Wildman–Crippen LogP) is 9.54. The van der Waals surface area contributed by atoms with Crippen LogP contribution in [0.3, 0.4) is 0 Å². The van der Waals surface area contributed by atoms with Crippen LogP contribution in [0.25, 0.3) is 17.7 Å². The Bertz CT molecular complexity index is 1670. The third kappa shape index (κ3) is 5.05. The first-order valence-electron chi connectivity index (χ1n) is 15.4. The summed E-state index contributed by atoms with van der Waals surface area (Å²) in [6.07, 6.45) is 27.2. The molecular weight excluding hydrogens is 512 g/mol. The molecule has 0 fully saturated rings. The van der Waals surface area contributed by atoms with Crippen molar-refractivity contribution in [1.29, 1.82) is 0 Å². The molecule has 3 aliphatic carbocycles. The number of hydrogen-bond donors (Lipinski definition) is 1. The molecule has 0 bridgehead atoms. The molecule has 2 heterocycles. The monoisotopic (exact) mass is 550 g/mol. The standard InChI is InChI=1S/C39H38N2O/c1-2-32-35(19-12-26-40-30-15-8-4-9-16-30)41(31-17-10-5-11-18-31)36-24-23-33-34-27-29(21-20-28-13-6-3-7-14-28)22-25-37(34)42-39(33)38(32)36/h2-8,10-15,17-18,20-21,26-27,35,40H,9,16,19,22-25H2,1H3/b21-20-,26-12+,32-2+. The van der Waals surface area contributed by atoms with Crippen LogP contribution in [0.15, 0.2) is 130 Å². The Kier molecular flexibility index (Phi) is 7.40. The van der Waals surface area contributed by atoms with E-state index in [1.54, 1.807) is 0 Å². The van der Waals surface area contributed by atoms with Crippen molar-refractivity contribution in [2.24, 2.45) is 0 Å². The SMILES string of the molecule is C/C=C1/C2=C(CCc3c2oc2c3C=C(/C=C\c3ccccc3)CC2)N(c2ccccc2)C1C/C=C/NC1=CC=CCC1. The summed E-state index contributed by atoms with van der Waals surface area (Å²) in [5.41, 5.74) is 11.9. The van der Waals surface area contributed by atoms with Crippen LogP contribution in [0.4, 0.5) is 5.69 Å². The summed E-state index contributed by atoms with van der Waals surface area (Å²) in [6, 6.07) is 21.7. The fourth-order valence-corrected chi connectivity index (χ4v) is 6.86. The van der Waals surface area contributed by atoms with Crippen LogP contribution in [-0.4, -0.2) is 6.04 Å². The summed E-state index contributed by atoms with van der Waals surface area (Å²) in [6.45, 7) is 2.19. The molecule has 7 rings (SSSR count). The van der Waals surface area contributed by atoms with Crippen molar-refractivity contribution in [3.63, 3.8) is 0 Å². The lowest BCUT2D eigenvalue weighted by Crippen LogP contribution is -2.31. The van der Waals surface area contributed by atoms with Crippen LogP contribution in [0.2, 0.25) is 0 Å². The minimum absolute atomic E-state index is 0.230. The molecule has 3 aromatic rings. The van der Waals surface area contributed by atoms with Gasteiger partial charge in [-0.2, -0.15) is 0 Å². The summed E-state index contributed by atoms with van der Waals surface area (Å²) < 4.78 is 6.78. The molecule has 3 nitrogen and oxygen atoms in total. The van der Waals surface area contributed by atoms with E-state index < -0.39 is 0 Å². The van der Waals surface area contributed by atoms with Gasteiger partial charge in [0.05, 0.1) is 6.04 Å². The first-order chi connectivity index (χ1) is 20.8. The predicted molar refractivity (Wildman–Crippen MR) is 176 cm³/mol. The zero-order chi connectivity index (χ0) is 28.3. The highest BCUT2D eigenvalue weighted by molar-refractivity contribution is 5.92. The zero-order valence-electron chi connectivity index (χ0n) is 24.4. The quantitative estimate of drug-likeness (QED) is 0.317. The van der Waals surface area contributed by atoms with Gasteiger partial charge in [-0.1, -0.05) is 85.0 Å². The minimum Gasteiger partial charge on any atom is -0.460 e. The fraction of sp³-hybridized carbons (Fsp3) is 0.231. The maximum atomic E-state index is 6.78. The minimum atomic E-state index is 0.230. The summed E-state index contributed by atoms with van der Waals surface area (Å²) >= 11 is 0.